The fourth-order valence-corrected chi connectivity index (χ4v) is 3.36. The van der Waals surface area contributed by atoms with Crippen LogP contribution in [0.1, 0.15) is 32.7 Å². The number of ether oxygens (including phenoxy) is 3. The third-order valence-electron chi connectivity index (χ3n) is 4.35. The van der Waals surface area contributed by atoms with Crippen LogP contribution in [0.25, 0.3) is 0 Å². The molecule has 3 aromatic rings. The van der Waals surface area contributed by atoms with Crippen LogP contribution < -0.4 is 9.47 Å². The zero-order valence-electron chi connectivity index (χ0n) is 16.5. The quantitative estimate of drug-likeness (QED) is 0.249. The third-order valence-corrected chi connectivity index (χ3v) is 4.97. The molecule has 0 fully saturated rings. The Hall–Kier alpha value is -3.12. The summed E-state index contributed by atoms with van der Waals surface area (Å²) in [6.07, 6.45) is 1.57. The number of hydrogen-bond acceptors (Lipinski definition) is 5. The summed E-state index contributed by atoms with van der Waals surface area (Å²) in [6, 6.07) is 21.3. The van der Waals surface area contributed by atoms with Crippen LogP contribution in [0.4, 0.5) is 0 Å². The molecule has 0 spiro atoms. The molecule has 0 unspecified atom stereocenters. The highest BCUT2D eigenvalue weighted by Gasteiger charge is 2.13. The Bertz CT molecular complexity index is 1020. The van der Waals surface area contributed by atoms with E-state index in [9.17, 15) is 9.59 Å². The molecule has 0 amide bonds. The Kier molecular flexibility index (Phi) is 7.63. The molecule has 0 N–H and O–H groups in total. The SMILES string of the molecule is COc1ccc(C(=O)Oc2cccc(C(=O)OCCCc3ccccc3)c2)cc1Br. The first-order valence-corrected chi connectivity index (χ1v) is 10.2. The number of aryl methyl sites for hydroxylation is 1. The standard InChI is InChI=1S/C24H21BrO5/c1-28-22-13-12-19(16-21(22)25)24(27)30-20-11-5-10-18(15-20)23(26)29-14-6-9-17-7-3-2-4-8-17/h2-5,7-8,10-13,15-16H,6,9,14H2,1H3. The maximum Gasteiger partial charge on any atom is 0.343 e. The van der Waals surface area contributed by atoms with E-state index in [2.05, 4.69) is 15.9 Å². The predicted molar refractivity (Wildman–Crippen MR) is 117 cm³/mol. The lowest BCUT2D eigenvalue weighted by Gasteiger charge is -2.09. The molecule has 5 nitrogen and oxygen atoms in total. The van der Waals surface area contributed by atoms with Crippen molar-refractivity contribution in [2.24, 2.45) is 0 Å². The molecule has 3 aromatic carbocycles. The summed E-state index contributed by atoms with van der Waals surface area (Å²) >= 11 is 3.34. The first-order chi connectivity index (χ1) is 14.6. The van der Waals surface area contributed by atoms with Gasteiger partial charge in [0, 0.05) is 0 Å². The van der Waals surface area contributed by atoms with Crippen LogP contribution >= 0.6 is 15.9 Å². The first kappa shape index (κ1) is 21.6. The first-order valence-electron chi connectivity index (χ1n) is 9.43. The van der Waals surface area contributed by atoms with Crippen LogP contribution in [0.15, 0.2) is 77.3 Å². The number of hydrogen-bond donors (Lipinski definition) is 0. The lowest BCUT2D eigenvalue weighted by atomic mass is 10.1. The van der Waals surface area contributed by atoms with Gasteiger partial charge in [-0.3, -0.25) is 0 Å². The van der Waals surface area contributed by atoms with Crippen LogP contribution in [0.5, 0.6) is 11.5 Å². The second-order valence-corrected chi connectivity index (χ2v) is 7.35. The van der Waals surface area contributed by atoms with E-state index in [1.54, 1.807) is 43.5 Å². The van der Waals surface area contributed by atoms with Gasteiger partial charge in [0.1, 0.15) is 11.5 Å². The van der Waals surface area contributed by atoms with E-state index >= 15 is 0 Å². The van der Waals surface area contributed by atoms with Crippen molar-refractivity contribution in [1.29, 1.82) is 0 Å². The normalized spacial score (nSPS) is 10.3. The number of halogens is 1. The predicted octanol–water partition coefficient (Wildman–Crippen LogP) is 5.47. The summed E-state index contributed by atoms with van der Waals surface area (Å²) in [6.45, 7) is 0.317. The van der Waals surface area contributed by atoms with E-state index in [1.165, 1.54) is 11.6 Å². The second-order valence-electron chi connectivity index (χ2n) is 6.49. The topological polar surface area (TPSA) is 61.8 Å². The van der Waals surface area contributed by atoms with Crippen LogP contribution in [0, 0.1) is 0 Å². The molecule has 0 saturated heterocycles. The summed E-state index contributed by atoms with van der Waals surface area (Å²) in [5, 5.41) is 0. The molecule has 0 bridgehead atoms. The zero-order chi connectivity index (χ0) is 21.3. The van der Waals surface area contributed by atoms with Gasteiger partial charge in [0.2, 0.25) is 0 Å². The van der Waals surface area contributed by atoms with Crippen LogP contribution in [0.2, 0.25) is 0 Å². The van der Waals surface area contributed by atoms with E-state index in [0.717, 1.165) is 12.8 Å². The molecule has 3 rings (SSSR count). The maximum atomic E-state index is 12.4. The molecule has 154 valence electrons. The number of carbonyl (C=O) groups excluding carboxylic acids is 2. The Morgan fingerprint density at radius 3 is 2.37 bits per heavy atom. The number of carbonyl (C=O) groups is 2. The van der Waals surface area contributed by atoms with Gasteiger partial charge in [-0.05, 0) is 70.7 Å². The molecule has 0 saturated carbocycles. The van der Waals surface area contributed by atoms with Gasteiger partial charge in [-0.2, -0.15) is 0 Å². The van der Waals surface area contributed by atoms with Crippen molar-refractivity contribution in [2.75, 3.05) is 13.7 Å². The Balaban J connectivity index is 1.55. The van der Waals surface area contributed by atoms with Crippen molar-refractivity contribution in [3.8, 4) is 11.5 Å². The summed E-state index contributed by atoms with van der Waals surface area (Å²) in [7, 11) is 1.55. The molecule has 0 atom stereocenters. The highest BCUT2D eigenvalue weighted by molar-refractivity contribution is 9.10. The highest BCUT2D eigenvalue weighted by Crippen LogP contribution is 2.26. The number of methoxy groups -OCH3 is 1. The second kappa shape index (κ2) is 10.6. The van der Waals surface area contributed by atoms with Gasteiger partial charge in [-0.25, -0.2) is 9.59 Å². The molecule has 0 aliphatic heterocycles. The van der Waals surface area contributed by atoms with E-state index in [-0.39, 0.29) is 5.75 Å². The summed E-state index contributed by atoms with van der Waals surface area (Å²) in [5.41, 5.74) is 1.89. The number of esters is 2. The van der Waals surface area contributed by atoms with E-state index in [4.69, 9.17) is 14.2 Å². The average Bonchev–Trinajstić information content (AvgIpc) is 2.77. The number of rotatable bonds is 8. The summed E-state index contributed by atoms with van der Waals surface area (Å²) in [4.78, 5) is 24.7. The molecular weight excluding hydrogens is 448 g/mol. The zero-order valence-corrected chi connectivity index (χ0v) is 18.1. The van der Waals surface area contributed by atoms with E-state index in [1.807, 2.05) is 30.3 Å². The lowest BCUT2D eigenvalue weighted by Crippen LogP contribution is -2.10. The molecule has 0 aromatic heterocycles. The molecule has 30 heavy (non-hydrogen) atoms. The van der Waals surface area contributed by atoms with E-state index in [0.29, 0.717) is 28.0 Å². The molecule has 0 aliphatic carbocycles. The fourth-order valence-electron chi connectivity index (χ4n) is 2.82. The monoisotopic (exact) mass is 468 g/mol. The fraction of sp³-hybridized carbons (Fsp3) is 0.167. The Morgan fingerprint density at radius 1 is 0.867 bits per heavy atom. The Morgan fingerprint density at radius 2 is 1.63 bits per heavy atom. The molecule has 6 heteroatoms. The minimum atomic E-state index is -0.535. The maximum absolute atomic E-state index is 12.4. The smallest absolute Gasteiger partial charge is 0.343 e. The van der Waals surface area contributed by atoms with Crippen LogP contribution in [0.3, 0.4) is 0 Å². The van der Waals surface area contributed by atoms with Gasteiger partial charge in [0.15, 0.2) is 0 Å². The molecular formula is C24H21BrO5. The minimum absolute atomic E-state index is 0.269. The lowest BCUT2D eigenvalue weighted by molar-refractivity contribution is 0.0498. The Labute approximate surface area is 183 Å². The van der Waals surface area contributed by atoms with Crippen molar-refractivity contribution in [2.45, 2.75) is 12.8 Å². The van der Waals surface area contributed by atoms with Crippen molar-refractivity contribution in [1.82, 2.24) is 0 Å². The van der Waals surface area contributed by atoms with Crippen molar-refractivity contribution >= 4 is 27.9 Å². The largest absolute Gasteiger partial charge is 0.496 e. The summed E-state index contributed by atoms with van der Waals surface area (Å²) < 4.78 is 16.5. The van der Waals surface area contributed by atoms with E-state index < -0.39 is 11.9 Å². The minimum Gasteiger partial charge on any atom is -0.496 e. The van der Waals surface area contributed by atoms with Gasteiger partial charge in [0.25, 0.3) is 0 Å². The van der Waals surface area contributed by atoms with Gasteiger partial charge in [-0.1, -0.05) is 36.4 Å². The van der Waals surface area contributed by atoms with Crippen molar-refractivity contribution in [3.05, 3.63) is 94.0 Å². The van der Waals surface area contributed by atoms with Gasteiger partial charge in [0.05, 0.1) is 29.3 Å². The molecule has 0 radical (unpaired) electrons. The van der Waals surface area contributed by atoms with Gasteiger partial charge < -0.3 is 14.2 Å². The molecule has 0 aliphatic rings. The summed E-state index contributed by atoms with van der Waals surface area (Å²) in [5.74, 6) is -0.103. The average molecular weight is 469 g/mol. The highest BCUT2D eigenvalue weighted by atomic mass is 79.9. The number of benzene rings is 3. The third kappa shape index (κ3) is 5.94. The van der Waals surface area contributed by atoms with Crippen molar-refractivity contribution in [3.63, 3.8) is 0 Å². The van der Waals surface area contributed by atoms with Crippen LogP contribution in [-0.2, 0) is 11.2 Å². The van der Waals surface area contributed by atoms with Gasteiger partial charge >= 0.3 is 11.9 Å². The van der Waals surface area contributed by atoms with Crippen LogP contribution in [-0.4, -0.2) is 25.7 Å². The van der Waals surface area contributed by atoms with Crippen molar-refractivity contribution < 1.29 is 23.8 Å². The molecule has 0 heterocycles. The van der Waals surface area contributed by atoms with Gasteiger partial charge in [-0.15, -0.1) is 0 Å².